The number of amides is 1. The predicted molar refractivity (Wildman–Crippen MR) is 71.9 cm³/mol. The molecule has 1 rings (SSSR count). The molecule has 1 saturated carbocycles. The molecule has 94 valence electrons. The van der Waals surface area contributed by atoms with Gasteiger partial charge < -0.3 is 5.32 Å². The number of hydrogen-bond donors (Lipinski definition) is 1. The molecule has 0 aromatic carbocycles. The highest BCUT2D eigenvalue weighted by atomic mass is 32.2. The van der Waals surface area contributed by atoms with Crippen molar-refractivity contribution in [3.63, 3.8) is 0 Å². The van der Waals surface area contributed by atoms with Crippen LogP contribution >= 0.6 is 11.8 Å². The normalized spacial score (nSPS) is 17.3. The minimum absolute atomic E-state index is 0.180. The minimum atomic E-state index is 0.180. The van der Waals surface area contributed by atoms with Gasteiger partial charge in [-0.25, -0.2) is 0 Å². The van der Waals surface area contributed by atoms with Crippen LogP contribution in [0.5, 0.6) is 0 Å². The van der Waals surface area contributed by atoms with E-state index >= 15 is 0 Å². The molecule has 0 aliphatic heterocycles. The average Bonchev–Trinajstić information content (AvgIpc) is 2.34. The Morgan fingerprint density at radius 2 is 1.94 bits per heavy atom. The first-order valence-electron chi connectivity index (χ1n) is 6.65. The van der Waals surface area contributed by atoms with E-state index in [0.29, 0.717) is 6.42 Å². The maximum absolute atomic E-state index is 11.0. The number of carbonyl (C=O) groups is 1. The largest absolute Gasteiger partial charge is 0.359 e. The van der Waals surface area contributed by atoms with Crippen molar-refractivity contribution in [2.24, 2.45) is 0 Å². The summed E-state index contributed by atoms with van der Waals surface area (Å²) in [6.45, 7) is 0. The molecule has 1 aliphatic rings. The smallest absolute Gasteiger partial charge is 0.219 e. The fourth-order valence-electron chi connectivity index (χ4n) is 2.17. The van der Waals surface area contributed by atoms with E-state index in [1.54, 1.807) is 7.05 Å². The minimum Gasteiger partial charge on any atom is -0.359 e. The molecule has 2 nitrogen and oxygen atoms in total. The van der Waals surface area contributed by atoms with Crippen LogP contribution in [0.2, 0.25) is 0 Å². The Bertz CT molecular complexity index is 190. The van der Waals surface area contributed by atoms with E-state index in [2.05, 4.69) is 17.1 Å². The van der Waals surface area contributed by atoms with Gasteiger partial charge in [-0.3, -0.25) is 4.79 Å². The zero-order valence-corrected chi connectivity index (χ0v) is 11.3. The van der Waals surface area contributed by atoms with E-state index in [0.717, 1.165) is 11.7 Å². The van der Waals surface area contributed by atoms with Crippen molar-refractivity contribution in [3.05, 3.63) is 0 Å². The van der Waals surface area contributed by atoms with Gasteiger partial charge in [0, 0.05) is 18.7 Å². The summed E-state index contributed by atoms with van der Waals surface area (Å²) in [4.78, 5) is 11.0. The van der Waals surface area contributed by atoms with Gasteiger partial charge >= 0.3 is 0 Å². The summed E-state index contributed by atoms with van der Waals surface area (Å²) in [5.41, 5.74) is 0. The van der Waals surface area contributed by atoms with Gasteiger partial charge in [-0.05, 0) is 31.4 Å². The molecule has 0 unspecified atom stereocenters. The van der Waals surface area contributed by atoms with E-state index < -0.39 is 0 Å². The highest BCUT2D eigenvalue weighted by Gasteiger charge is 2.12. The zero-order valence-electron chi connectivity index (χ0n) is 10.5. The second-order valence-corrected chi connectivity index (χ2v) is 6.02. The van der Waals surface area contributed by atoms with Gasteiger partial charge in [-0.2, -0.15) is 11.8 Å². The van der Waals surface area contributed by atoms with Crippen LogP contribution in [0, 0.1) is 0 Å². The molecule has 1 aliphatic carbocycles. The lowest BCUT2D eigenvalue weighted by Gasteiger charge is -2.20. The molecule has 0 saturated heterocycles. The summed E-state index contributed by atoms with van der Waals surface area (Å²) < 4.78 is 0. The molecule has 0 bridgehead atoms. The van der Waals surface area contributed by atoms with Crippen LogP contribution in [-0.2, 0) is 4.79 Å². The third kappa shape index (κ3) is 6.41. The average molecular weight is 243 g/mol. The van der Waals surface area contributed by atoms with E-state index in [1.165, 1.54) is 50.7 Å². The van der Waals surface area contributed by atoms with Gasteiger partial charge in [0.05, 0.1) is 0 Å². The van der Waals surface area contributed by atoms with Crippen molar-refractivity contribution in [2.45, 2.75) is 63.0 Å². The summed E-state index contributed by atoms with van der Waals surface area (Å²) in [7, 11) is 1.71. The fourth-order valence-corrected chi connectivity index (χ4v) is 3.54. The van der Waals surface area contributed by atoms with Gasteiger partial charge in [0.25, 0.3) is 0 Å². The van der Waals surface area contributed by atoms with Crippen molar-refractivity contribution in [3.8, 4) is 0 Å². The van der Waals surface area contributed by atoms with Crippen molar-refractivity contribution in [1.82, 2.24) is 5.32 Å². The lowest BCUT2D eigenvalue weighted by molar-refractivity contribution is -0.120. The second kappa shape index (κ2) is 8.91. The van der Waals surface area contributed by atoms with Gasteiger partial charge in [-0.15, -0.1) is 0 Å². The molecular weight excluding hydrogens is 218 g/mol. The zero-order chi connectivity index (χ0) is 11.6. The summed E-state index contributed by atoms with van der Waals surface area (Å²) in [6, 6.07) is 0. The number of thioether (sulfide) groups is 1. The van der Waals surface area contributed by atoms with Crippen molar-refractivity contribution >= 4 is 17.7 Å². The third-order valence-electron chi connectivity index (χ3n) is 3.23. The Kier molecular flexibility index (Phi) is 7.73. The monoisotopic (exact) mass is 243 g/mol. The molecule has 0 aromatic heterocycles. The van der Waals surface area contributed by atoms with Crippen LogP contribution < -0.4 is 5.32 Å². The second-order valence-electron chi connectivity index (χ2n) is 4.61. The fraction of sp³-hybridized carbons (Fsp3) is 0.923. The van der Waals surface area contributed by atoms with E-state index in [-0.39, 0.29) is 5.91 Å². The first kappa shape index (κ1) is 13.9. The summed E-state index contributed by atoms with van der Waals surface area (Å²) in [6.07, 6.45) is 11.4. The molecule has 1 amide bonds. The van der Waals surface area contributed by atoms with Crippen LogP contribution in [0.4, 0.5) is 0 Å². The lowest BCUT2D eigenvalue weighted by Crippen LogP contribution is -2.16. The number of nitrogens with one attached hydrogen (secondary N) is 1. The molecule has 0 heterocycles. The number of rotatable bonds is 7. The lowest BCUT2D eigenvalue weighted by atomic mass is 10.0. The van der Waals surface area contributed by atoms with Crippen molar-refractivity contribution in [1.29, 1.82) is 0 Å². The van der Waals surface area contributed by atoms with Gasteiger partial charge in [-0.1, -0.05) is 25.7 Å². The maximum atomic E-state index is 11.0. The van der Waals surface area contributed by atoms with Crippen LogP contribution in [0.1, 0.15) is 57.8 Å². The van der Waals surface area contributed by atoms with E-state index in [1.807, 2.05) is 0 Å². The third-order valence-corrected chi connectivity index (χ3v) is 4.70. The molecule has 16 heavy (non-hydrogen) atoms. The van der Waals surface area contributed by atoms with Crippen LogP contribution in [-0.4, -0.2) is 24.0 Å². The van der Waals surface area contributed by atoms with Gasteiger partial charge in [0.15, 0.2) is 0 Å². The van der Waals surface area contributed by atoms with Gasteiger partial charge in [0.2, 0.25) is 5.91 Å². The number of hydrogen-bond acceptors (Lipinski definition) is 2. The maximum Gasteiger partial charge on any atom is 0.219 e. The standard InChI is InChI=1S/C13H25NOS/c1-14-13(15)10-6-3-7-11-16-12-8-4-2-5-9-12/h12H,2-11H2,1H3,(H,14,15). The quantitative estimate of drug-likeness (QED) is 0.695. The molecule has 0 atom stereocenters. The Morgan fingerprint density at radius 1 is 1.19 bits per heavy atom. The van der Waals surface area contributed by atoms with E-state index in [9.17, 15) is 4.79 Å². The molecule has 1 fully saturated rings. The molecule has 0 radical (unpaired) electrons. The Labute approximate surface area is 104 Å². The molecule has 1 N–H and O–H groups in total. The topological polar surface area (TPSA) is 29.1 Å². The SMILES string of the molecule is CNC(=O)CCCCCSC1CCCCC1. The van der Waals surface area contributed by atoms with Crippen LogP contribution in [0.25, 0.3) is 0 Å². The van der Waals surface area contributed by atoms with Gasteiger partial charge in [0.1, 0.15) is 0 Å². The van der Waals surface area contributed by atoms with Crippen molar-refractivity contribution < 1.29 is 4.79 Å². The van der Waals surface area contributed by atoms with Crippen LogP contribution in [0.15, 0.2) is 0 Å². The Hall–Kier alpha value is -0.180. The summed E-state index contributed by atoms with van der Waals surface area (Å²) in [5.74, 6) is 1.47. The molecular formula is C13H25NOS. The number of carbonyl (C=O) groups excluding carboxylic acids is 1. The van der Waals surface area contributed by atoms with E-state index in [4.69, 9.17) is 0 Å². The Morgan fingerprint density at radius 3 is 2.62 bits per heavy atom. The van der Waals surface area contributed by atoms with Crippen molar-refractivity contribution in [2.75, 3.05) is 12.8 Å². The molecule has 3 heteroatoms. The summed E-state index contributed by atoms with van der Waals surface area (Å²) in [5, 5.41) is 3.60. The van der Waals surface area contributed by atoms with Crippen LogP contribution in [0.3, 0.4) is 0 Å². The molecule has 0 spiro atoms. The Balaban J connectivity index is 1.85. The first-order valence-corrected chi connectivity index (χ1v) is 7.70. The predicted octanol–water partition coefficient (Wildman–Crippen LogP) is 3.36. The summed E-state index contributed by atoms with van der Waals surface area (Å²) >= 11 is 2.16. The number of unbranched alkanes of at least 4 members (excludes halogenated alkanes) is 2. The highest BCUT2D eigenvalue weighted by molar-refractivity contribution is 7.99. The molecule has 0 aromatic rings. The highest BCUT2D eigenvalue weighted by Crippen LogP contribution is 2.28. The first-order chi connectivity index (χ1) is 7.83.